The van der Waals surface area contributed by atoms with E-state index in [0.29, 0.717) is 5.56 Å². The molecule has 16 heavy (non-hydrogen) atoms. The lowest BCUT2D eigenvalue weighted by atomic mass is 10.0. The monoisotopic (exact) mass is 225 g/mol. The number of carboxylic acids is 2. The maximum Gasteiger partial charge on any atom is 0.339 e. The molecule has 0 spiro atoms. The van der Waals surface area contributed by atoms with E-state index in [9.17, 15) is 14.7 Å². The van der Waals surface area contributed by atoms with Gasteiger partial charge in [-0.3, -0.25) is 4.79 Å². The zero-order valence-electron chi connectivity index (χ0n) is 8.25. The van der Waals surface area contributed by atoms with Crippen LogP contribution in [-0.4, -0.2) is 33.3 Å². The van der Waals surface area contributed by atoms with Crippen molar-refractivity contribution in [1.82, 2.24) is 0 Å². The van der Waals surface area contributed by atoms with Crippen molar-refractivity contribution in [3.8, 4) is 5.75 Å². The summed E-state index contributed by atoms with van der Waals surface area (Å²) in [5.74, 6) is -2.80. The molecule has 1 atom stereocenters. The second kappa shape index (κ2) is 4.63. The summed E-state index contributed by atoms with van der Waals surface area (Å²) in [5.41, 5.74) is 5.48. The van der Waals surface area contributed by atoms with Gasteiger partial charge in [0.25, 0.3) is 0 Å². The number of aromatic hydroxyl groups is 1. The fourth-order valence-electron chi connectivity index (χ4n) is 1.22. The third kappa shape index (κ3) is 2.71. The Balaban J connectivity index is 2.95. The van der Waals surface area contributed by atoms with Crippen LogP contribution in [0.4, 0.5) is 0 Å². The molecule has 5 N–H and O–H groups in total. The van der Waals surface area contributed by atoms with Gasteiger partial charge in [-0.1, -0.05) is 6.07 Å². The number of rotatable bonds is 4. The normalized spacial score (nSPS) is 12.1. The van der Waals surface area contributed by atoms with Crippen molar-refractivity contribution in [2.75, 3.05) is 0 Å². The Morgan fingerprint density at radius 2 is 1.94 bits per heavy atom. The van der Waals surface area contributed by atoms with Crippen LogP contribution in [-0.2, 0) is 11.2 Å². The Hall–Kier alpha value is -2.08. The second-order valence-corrected chi connectivity index (χ2v) is 3.31. The molecule has 0 aliphatic carbocycles. The summed E-state index contributed by atoms with van der Waals surface area (Å²) in [5, 5.41) is 26.5. The molecule has 0 amide bonds. The lowest BCUT2D eigenvalue weighted by Crippen LogP contribution is -2.32. The van der Waals surface area contributed by atoms with Crippen molar-refractivity contribution in [3.63, 3.8) is 0 Å². The van der Waals surface area contributed by atoms with Crippen LogP contribution in [0.25, 0.3) is 0 Å². The molecule has 0 bridgehead atoms. The third-order valence-corrected chi connectivity index (χ3v) is 2.06. The average molecular weight is 225 g/mol. The molecule has 0 aliphatic heterocycles. The van der Waals surface area contributed by atoms with Crippen LogP contribution in [0.5, 0.6) is 5.75 Å². The van der Waals surface area contributed by atoms with E-state index in [-0.39, 0.29) is 17.7 Å². The highest BCUT2D eigenvalue weighted by Crippen LogP contribution is 2.19. The summed E-state index contributed by atoms with van der Waals surface area (Å²) in [4.78, 5) is 21.2. The van der Waals surface area contributed by atoms with Gasteiger partial charge in [-0.15, -0.1) is 0 Å². The number of hydrogen-bond acceptors (Lipinski definition) is 4. The van der Waals surface area contributed by atoms with E-state index < -0.39 is 18.0 Å². The molecule has 1 aromatic carbocycles. The van der Waals surface area contributed by atoms with Crippen LogP contribution in [0.3, 0.4) is 0 Å². The third-order valence-electron chi connectivity index (χ3n) is 2.06. The molecule has 1 aromatic rings. The van der Waals surface area contributed by atoms with E-state index in [4.69, 9.17) is 15.9 Å². The van der Waals surface area contributed by atoms with Gasteiger partial charge < -0.3 is 21.1 Å². The smallest absolute Gasteiger partial charge is 0.339 e. The van der Waals surface area contributed by atoms with Crippen molar-refractivity contribution in [2.24, 2.45) is 5.73 Å². The van der Waals surface area contributed by atoms with Crippen molar-refractivity contribution in [3.05, 3.63) is 29.3 Å². The minimum absolute atomic E-state index is 0.00981. The first-order valence-electron chi connectivity index (χ1n) is 4.45. The van der Waals surface area contributed by atoms with E-state index in [1.807, 2.05) is 0 Å². The Bertz CT molecular complexity index is 429. The van der Waals surface area contributed by atoms with E-state index in [1.54, 1.807) is 0 Å². The molecule has 0 saturated carbocycles. The fourth-order valence-corrected chi connectivity index (χ4v) is 1.22. The SMILES string of the molecule is NC(Cc1ccc(O)c(C(=O)O)c1)C(=O)O. The van der Waals surface area contributed by atoms with E-state index >= 15 is 0 Å². The molecule has 0 radical (unpaired) electrons. The van der Waals surface area contributed by atoms with Gasteiger partial charge in [0.1, 0.15) is 17.4 Å². The average Bonchev–Trinajstić information content (AvgIpc) is 2.20. The largest absolute Gasteiger partial charge is 0.507 e. The molecule has 6 nitrogen and oxygen atoms in total. The zero-order chi connectivity index (χ0) is 12.3. The second-order valence-electron chi connectivity index (χ2n) is 3.31. The van der Waals surface area contributed by atoms with Gasteiger partial charge in [-0.2, -0.15) is 0 Å². The molecule has 1 rings (SSSR count). The number of carboxylic acid groups (broad SMARTS) is 2. The van der Waals surface area contributed by atoms with Gasteiger partial charge in [-0.05, 0) is 24.1 Å². The summed E-state index contributed by atoms with van der Waals surface area (Å²) < 4.78 is 0. The lowest BCUT2D eigenvalue weighted by Gasteiger charge is -2.07. The molecule has 0 aliphatic rings. The van der Waals surface area contributed by atoms with E-state index in [2.05, 4.69) is 0 Å². The van der Waals surface area contributed by atoms with Crippen LogP contribution in [0, 0.1) is 0 Å². The van der Waals surface area contributed by atoms with Gasteiger partial charge in [0.05, 0.1) is 0 Å². The first-order chi connectivity index (χ1) is 7.41. The minimum Gasteiger partial charge on any atom is -0.507 e. The lowest BCUT2D eigenvalue weighted by molar-refractivity contribution is -0.138. The Morgan fingerprint density at radius 1 is 1.31 bits per heavy atom. The van der Waals surface area contributed by atoms with E-state index in [0.717, 1.165) is 0 Å². The zero-order valence-corrected chi connectivity index (χ0v) is 8.25. The molecule has 1 unspecified atom stereocenters. The number of hydrogen-bond donors (Lipinski definition) is 4. The molecule has 0 fully saturated rings. The quantitative estimate of drug-likeness (QED) is 0.574. The number of carbonyl (C=O) groups is 2. The van der Waals surface area contributed by atoms with Gasteiger partial charge in [0.2, 0.25) is 0 Å². The summed E-state index contributed by atoms with van der Waals surface area (Å²) in [7, 11) is 0. The molecule has 0 saturated heterocycles. The van der Waals surface area contributed by atoms with Crippen LogP contribution >= 0.6 is 0 Å². The predicted octanol–water partition coefficient (Wildman–Crippen LogP) is 0.0448. The van der Waals surface area contributed by atoms with E-state index in [1.165, 1.54) is 18.2 Å². The number of aliphatic carboxylic acids is 1. The molecule has 0 heterocycles. The maximum absolute atomic E-state index is 10.7. The summed E-state index contributed by atoms with van der Waals surface area (Å²) >= 11 is 0. The van der Waals surface area contributed by atoms with Crippen LogP contribution in [0.2, 0.25) is 0 Å². The number of phenols is 1. The number of benzene rings is 1. The van der Waals surface area contributed by atoms with Gasteiger partial charge in [-0.25, -0.2) is 4.79 Å². The summed E-state index contributed by atoms with van der Waals surface area (Å²) in [6, 6.07) is 2.75. The van der Waals surface area contributed by atoms with Gasteiger partial charge in [0.15, 0.2) is 0 Å². The predicted molar refractivity (Wildman–Crippen MR) is 54.4 cm³/mol. The van der Waals surface area contributed by atoms with Crippen molar-refractivity contribution < 1.29 is 24.9 Å². The summed E-state index contributed by atoms with van der Waals surface area (Å²) in [6.07, 6.45) is 0.00981. The van der Waals surface area contributed by atoms with Crippen molar-refractivity contribution in [2.45, 2.75) is 12.5 Å². The van der Waals surface area contributed by atoms with Crippen LogP contribution in [0.15, 0.2) is 18.2 Å². The first-order valence-corrected chi connectivity index (χ1v) is 4.45. The maximum atomic E-state index is 10.7. The topological polar surface area (TPSA) is 121 Å². The summed E-state index contributed by atoms with van der Waals surface area (Å²) in [6.45, 7) is 0. The first kappa shape index (κ1) is 12.0. The van der Waals surface area contributed by atoms with Crippen LogP contribution in [0.1, 0.15) is 15.9 Å². The Morgan fingerprint density at radius 3 is 2.44 bits per heavy atom. The highest BCUT2D eigenvalue weighted by molar-refractivity contribution is 5.91. The Labute approximate surface area is 90.9 Å². The van der Waals surface area contributed by atoms with Crippen molar-refractivity contribution in [1.29, 1.82) is 0 Å². The minimum atomic E-state index is -1.27. The van der Waals surface area contributed by atoms with Gasteiger partial charge in [0, 0.05) is 0 Å². The van der Waals surface area contributed by atoms with Crippen LogP contribution < -0.4 is 5.73 Å². The molecule has 86 valence electrons. The molecule has 6 heteroatoms. The molecular weight excluding hydrogens is 214 g/mol. The number of nitrogens with two attached hydrogens (primary N) is 1. The fraction of sp³-hybridized carbons (Fsp3) is 0.200. The van der Waals surface area contributed by atoms with Crippen molar-refractivity contribution >= 4 is 11.9 Å². The van der Waals surface area contributed by atoms with Gasteiger partial charge >= 0.3 is 11.9 Å². The Kier molecular flexibility index (Phi) is 3.47. The standard InChI is InChI=1S/C10H11NO5/c11-7(10(15)16)4-5-1-2-8(12)6(3-5)9(13)14/h1-3,7,12H,4,11H2,(H,13,14)(H,15,16). The number of aromatic carboxylic acids is 1. The molecular formula is C10H11NO5. The highest BCUT2D eigenvalue weighted by atomic mass is 16.4. The molecule has 0 aromatic heterocycles. The highest BCUT2D eigenvalue weighted by Gasteiger charge is 2.15.